The Morgan fingerprint density at radius 1 is 1.48 bits per heavy atom. The van der Waals surface area contributed by atoms with Crippen LogP contribution in [0.25, 0.3) is 0 Å². The quantitative estimate of drug-likeness (QED) is 0.555. The maximum Gasteiger partial charge on any atom is 0.225 e. The molecule has 0 radical (unpaired) electrons. The van der Waals surface area contributed by atoms with Gasteiger partial charge in [0, 0.05) is 17.1 Å². The number of carbonyl (C=O) groups is 1. The number of thiazole rings is 1. The molecule has 4 nitrogen and oxygen atoms in total. The number of nitrogens with one attached hydrogen (secondary N) is 2. The maximum atomic E-state index is 11.9. The van der Waals surface area contributed by atoms with E-state index in [0.717, 1.165) is 46.6 Å². The van der Waals surface area contributed by atoms with Crippen LogP contribution in [0.4, 0.5) is 0 Å². The van der Waals surface area contributed by atoms with Crippen molar-refractivity contribution in [1.82, 2.24) is 10.3 Å². The maximum absolute atomic E-state index is 11.9. The molecule has 0 aromatic carbocycles. The van der Waals surface area contributed by atoms with E-state index in [1.807, 2.05) is 6.92 Å². The average molecular weight is 329 g/mol. The fraction of sp³-hybridized carbons (Fsp3) is 0.733. The number of hydrogen-bond donors (Lipinski definition) is 3. The van der Waals surface area contributed by atoms with E-state index in [-0.39, 0.29) is 12.0 Å². The fourth-order valence-corrected chi connectivity index (χ4v) is 4.22. The van der Waals surface area contributed by atoms with Gasteiger partial charge in [0.05, 0.1) is 12.5 Å². The predicted octanol–water partition coefficient (Wildman–Crippen LogP) is 3.10. The summed E-state index contributed by atoms with van der Waals surface area (Å²) < 4.78 is 0.724. The van der Waals surface area contributed by atoms with Crippen molar-refractivity contribution in [2.24, 2.45) is 5.92 Å². The van der Waals surface area contributed by atoms with Gasteiger partial charge in [0.25, 0.3) is 0 Å². The van der Waals surface area contributed by atoms with Crippen molar-refractivity contribution >= 4 is 29.5 Å². The second-order valence-electron chi connectivity index (χ2n) is 5.84. The van der Waals surface area contributed by atoms with Crippen LogP contribution in [0.5, 0.6) is 0 Å². The van der Waals surface area contributed by atoms with Crippen molar-refractivity contribution in [2.75, 3.05) is 6.54 Å². The van der Waals surface area contributed by atoms with Crippen molar-refractivity contribution in [2.45, 2.75) is 58.0 Å². The highest BCUT2D eigenvalue weighted by Crippen LogP contribution is 2.27. The molecule has 1 aliphatic rings. The highest BCUT2D eigenvalue weighted by Gasteiger charge is 2.22. The van der Waals surface area contributed by atoms with E-state index in [2.05, 4.69) is 10.3 Å². The van der Waals surface area contributed by atoms with Gasteiger partial charge in [-0.15, -0.1) is 11.3 Å². The van der Waals surface area contributed by atoms with E-state index in [0.29, 0.717) is 18.9 Å². The first-order valence-corrected chi connectivity index (χ1v) is 8.92. The summed E-state index contributed by atoms with van der Waals surface area (Å²) in [4.78, 5) is 16.0. The molecular formula is C15H24N2O2S2. The van der Waals surface area contributed by atoms with E-state index in [1.54, 1.807) is 0 Å². The zero-order valence-corrected chi connectivity index (χ0v) is 14.1. The standard InChI is InChI=1S/C15H24N2O2S2/c1-10-13(21-15(20)17-10)9-14(19)16-8-4-6-11-5-2-3-7-12(11)18/h11-12,18H,2-9H2,1H3,(H,16,19)(H,17,20)/t11-,12-/m0/s1. The third-order valence-electron chi connectivity index (χ3n) is 4.19. The number of aliphatic hydroxyl groups is 1. The number of aromatic amines is 1. The highest BCUT2D eigenvalue weighted by atomic mass is 32.1. The van der Waals surface area contributed by atoms with Gasteiger partial charge in [-0.25, -0.2) is 0 Å². The summed E-state index contributed by atoms with van der Waals surface area (Å²) in [6, 6.07) is 0. The molecule has 1 heterocycles. The van der Waals surface area contributed by atoms with E-state index in [9.17, 15) is 9.90 Å². The molecule has 1 amide bonds. The Hall–Kier alpha value is -0.720. The number of rotatable bonds is 6. The van der Waals surface area contributed by atoms with Crippen molar-refractivity contribution in [3.05, 3.63) is 14.5 Å². The Kier molecular flexibility index (Phi) is 6.39. The SMILES string of the molecule is Cc1[nH]c(=S)sc1CC(=O)NCCC[C@@H]1CCCC[C@@H]1O. The molecule has 1 fully saturated rings. The lowest BCUT2D eigenvalue weighted by atomic mass is 9.83. The molecule has 1 aromatic heterocycles. The van der Waals surface area contributed by atoms with Crippen molar-refractivity contribution < 1.29 is 9.90 Å². The zero-order valence-electron chi connectivity index (χ0n) is 12.5. The van der Waals surface area contributed by atoms with Crippen molar-refractivity contribution in [1.29, 1.82) is 0 Å². The Balaban J connectivity index is 1.65. The Morgan fingerprint density at radius 2 is 2.24 bits per heavy atom. The first kappa shape index (κ1) is 16.6. The molecule has 0 saturated heterocycles. The van der Waals surface area contributed by atoms with Gasteiger partial charge in [0.15, 0.2) is 3.95 Å². The first-order valence-electron chi connectivity index (χ1n) is 7.69. The van der Waals surface area contributed by atoms with E-state index in [1.165, 1.54) is 17.8 Å². The third kappa shape index (κ3) is 5.20. The lowest BCUT2D eigenvalue weighted by molar-refractivity contribution is -0.120. The molecule has 1 aliphatic carbocycles. The molecule has 0 unspecified atom stereocenters. The summed E-state index contributed by atoms with van der Waals surface area (Å²) in [5.74, 6) is 0.472. The van der Waals surface area contributed by atoms with Crippen molar-refractivity contribution in [3.8, 4) is 0 Å². The molecule has 3 N–H and O–H groups in total. The summed E-state index contributed by atoms with van der Waals surface area (Å²) >= 11 is 6.54. The smallest absolute Gasteiger partial charge is 0.225 e. The molecule has 1 aromatic rings. The largest absolute Gasteiger partial charge is 0.393 e. The molecule has 2 rings (SSSR count). The van der Waals surface area contributed by atoms with E-state index < -0.39 is 0 Å². The van der Waals surface area contributed by atoms with Crippen LogP contribution in [0.1, 0.15) is 49.1 Å². The summed E-state index contributed by atoms with van der Waals surface area (Å²) in [5.41, 5.74) is 0.991. The minimum absolute atomic E-state index is 0.0487. The van der Waals surface area contributed by atoms with Crippen LogP contribution in [0.3, 0.4) is 0 Å². The highest BCUT2D eigenvalue weighted by molar-refractivity contribution is 7.73. The predicted molar refractivity (Wildman–Crippen MR) is 88.2 cm³/mol. The molecule has 0 spiro atoms. The summed E-state index contributed by atoms with van der Waals surface area (Å²) in [6.07, 6.45) is 6.65. The number of amides is 1. The fourth-order valence-electron chi connectivity index (χ4n) is 2.93. The van der Waals surface area contributed by atoms with Crippen LogP contribution in [0.2, 0.25) is 0 Å². The third-order valence-corrected chi connectivity index (χ3v) is 5.52. The number of carbonyl (C=O) groups excluding carboxylic acids is 1. The lowest BCUT2D eigenvalue weighted by Crippen LogP contribution is -2.28. The Bertz CT molecular complexity index is 524. The monoisotopic (exact) mass is 328 g/mol. The van der Waals surface area contributed by atoms with Crippen LogP contribution in [-0.2, 0) is 11.2 Å². The minimum Gasteiger partial charge on any atom is -0.393 e. The molecule has 0 aliphatic heterocycles. The molecule has 1 saturated carbocycles. The van der Waals surface area contributed by atoms with Gasteiger partial charge in [0.1, 0.15) is 0 Å². The van der Waals surface area contributed by atoms with Gasteiger partial charge < -0.3 is 15.4 Å². The van der Waals surface area contributed by atoms with Crippen LogP contribution >= 0.6 is 23.6 Å². The van der Waals surface area contributed by atoms with Gasteiger partial charge in [-0.3, -0.25) is 4.79 Å². The normalized spacial score (nSPS) is 22.2. The lowest BCUT2D eigenvalue weighted by Gasteiger charge is -2.27. The Labute approximate surface area is 135 Å². The molecule has 0 bridgehead atoms. The second kappa shape index (κ2) is 8.06. The van der Waals surface area contributed by atoms with Crippen LogP contribution in [0.15, 0.2) is 0 Å². The van der Waals surface area contributed by atoms with Gasteiger partial charge >= 0.3 is 0 Å². The number of aryl methyl sites for hydroxylation is 1. The zero-order chi connectivity index (χ0) is 15.2. The van der Waals surface area contributed by atoms with Crippen LogP contribution in [0, 0.1) is 16.8 Å². The van der Waals surface area contributed by atoms with E-state index in [4.69, 9.17) is 12.2 Å². The van der Waals surface area contributed by atoms with Gasteiger partial charge in [0.2, 0.25) is 5.91 Å². The molecular weight excluding hydrogens is 304 g/mol. The first-order chi connectivity index (χ1) is 10.1. The Morgan fingerprint density at radius 3 is 2.90 bits per heavy atom. The number of hydrogen-bond acceptors (Lipinski definition) is 4. The summed E-state index contributed by atoms with van der Waals surface area (Å²) in [7, 11) is 0. The van der Waals surface area contributed by atoms with Crippen LogP contribution < -0.4 is 5.32 Å². The van der Waals surface area contributed by atoms with Crippen molar-refractivity contribution in [3.63, 3.8) is 0 Å². The topological polar surface area (TPSA) is 65.1 Å². The summed E-state index contributed by atoms with van der Waals surface area (Å²) in [5, 5.41) is 12.9. The van der Waals surface area contributed by atoms with Crippen LogP contribution in [-0.4, -0.2) is 28.6 Å². The minimum atomic E-state index is -0.135. The molecule has 118 valence electrons. The molecule has 21 heavy (non-hydrogen) atoms. The number of aromatic nitrogens is 1. The van der Waals surface area contributed by atoms with Gasteiger partial charge in [-0.2, -0.15) is 0 Å². The van der Waals surface area contributed by atoms with E-state index >= 15 is 0 Å². The molecule has 2 atom stereocenters. The van der Waals surface area contributed by atoms with Gasteiger partial charge in [-0.1, -0.05) is 12.8 Å². The number of aliphatic hydroxyl groups excluding tert-OH is 1. The summed E-state index contributed by atoms with van der Waals surface area (Å²) in [6.45, 7) is 2.64. The average Bonchev–Trinajstić information content (AvgIpc) is 2.75. The molecule has 6 heteroatoms. The number of H-pyrrole nitrogens is 1. The second-order valence-corrected chi connectivity index (χ2v) is 7.62. The van der Waals surface area contributed by atoms with Gasteiger partial charge in [-0.05, 0) is 50.7 Å².